The summed E-state index contributed by atoms with van der Waals surface area (Å²) in [5, 5.41) is 6.46. The molecule has 9 heteroatoms. The van der Waals surface area contributed by atoms with Crippen LogP contribution in [0.3, 0.4) is 0 Å². The Balaban J connectivity index is 1.82. The normalized spacial score (nSPS) is 12.1. The van der Waals surface area contributed by atoms with Gasteiger partial charge in [-0.15, -0.1) is 0 Å². The van der Waals surface area contributed by atoms with Crippen molar-refractivity contribution in [1.29, 1.82) is 0 Å². The quantitative estimate of drug-likeness (QED) is 0.381. The van der Waals surface area contributed by atoms with E-state index in [-0.39, 0.29) is 23.3 Å². The van der Waals surface area contributed by atoms with Crippen molar-refractivity contribution in [2.24, 2.45) is 5.92 Å². The third-order valence-electron chi connectivity index (χ3n) is 4.55. The molecule has 0 saturated carbocycles. The van der Waals surface area contributed by atoms with Gasteiger partial charge < -0.3 is 10.6 Å². The fourth-order valence-electron chi connectivity index (χ4n) is 3.08. The summed E-state index contributed by atoms with van der Waals surface area (Å²) in [4.78, 5) is 41.7. The van der Waals surface area contributed by atoms with Gasteiger partial charge in [-0.3, -0.25) is 19.0 Å². The van der Waals surface area contributed by atoms with Gasteiger partial charge in [0.15, 0.2) is 5.16 Å². The van der Waals surface area contributed by atoms with E-state index < -0.39 is 5.25 Å². The number of nitrogens with zero attached hydrogens (tertiary/aromatic N) is 2. The fraction of sp³-hybridized carbons (Fsp3) is 0.304. The first-order valence-corrected chi connectivity index (χ1v) is 11.4. The Labute approximate surface area is 195 Å². The van der Waals surface area contributed by atoms with Gasteiger partial charge in [-0.1, -0.05) is 37.2 Å². The lowest BCUT2D eigenvalue weighted by Crippen LogP contribution is -2.28. The van der Waals surface area contributed by atoms with Crippen molar-refractivity contribution in [2.75, 3.05) is 10.6 Å². The molecule has 0 radical (unpaired) electrons. The van der Waals surface area contributed by atoms with Crippen LogP contribution in [0.15, 0.2) is 52.4 Å². The highest BCUT2D eigenvalue weighted by Crippen LogP contribution is 2.25. The third kappa shape index (κ3) is 5.89. The van der Waals surface area contributed by atoms with Gasteiger partial charge in [0.1, 0.15) is 0 Å². The summed E-state index contributed by atoms with van der Waals surface area (Å²) < 4.78 is 1.61. The molecule has 0 bridgehead atoms. The number of amides is 2. The Morgan fingerprint density at radius 2 is 1.69 bits per heavy atom. The summed E-state index contributed by atoms with van der Waals surface area (Å²) in [6.45, 7) is 7.72. The molecule has 2 aromatic carbocycles. The first kappa shape index (κ1) is 23.8. The van der Waals surface area contributed by atoms with Crippen molar-refractivity contribution in [2.45, 2.75) is 44.6 Å². The van der Waals surface area contributed by atoms with E-state index in [0.717, 1.165) is 0 Å². The molecule has 1 aromatic heterocycles. The summed E-state index contributed by atoms with van der Waals surface area (Å²) in [5.41, 5.74) is 1.63. The van der Waals surface area contributed by atoms with Crippen molar-refractivity contribution in [3.05, 3.63) is 57.8 Å². The summed E-state index contributed by atoms with van der Waals surface area (Å²) >= 11 is 7.31. The minimum Gasteiger partial charge on any atom is -0.326 e. The molecule has 0 aliphatic heterocycles. The average Bonchev–Trinajstić information content (AvgIpc) is 2.72. The van der Waals surface area contributed by atoms with Gasteiger partial charge in [-0.05, 0) is 55.3 Å². The molecule has 7 nitrogen and oxygen atoms in total. The van der Waals surface area contributed by atoms with Crippen LogP contribution < -0.4 is 16.2 Å². The Hall–Kier alpha value is -2.84. The highest BCUT2D eigenvalue weighted by Gasteiger charge is 2.20. The number of aromatic nitrogens is 2. The first-order chi connectivity index (χ1) is 15.1. The maximum Gasteiger partial charge on any atom is 0.262 e. The summed E-state index contributed by atoms with van der Waals surface area (Å²) in [5.74, 6) is -0.162. The number of fused-ring (bicyclic) bond motifs is 1. The number of hydrogen-bond acceptors (Lipinski definition) is 5. The Morgan fingerprint density at radius 1 is 1.06 bits per heavy atom. The van der Waals surface area contributed by atoms with Crippen LogP contribution in [0.1, 0.15) is 27.7 Å². The molecular weight excluding hydrogens is 448 g/mol. The van der Waals surface area contributed by atoms with Crippen LogP contribution >= 0.6 is 23.4 Å². The first-order valence-electron chi connectivity index (χ1n) is 10.2. The number of carbonyl (C=O) groups excluding carboxylic acids is 2. The Bertz CT molecular complexity index is 1210. The second-order valence-electron chi connectivity index (χ2n) is 7.87. The third-order valence-corrected chi connectivity index (χ3v) is 5.88. The molecule has 32 heavy (non-hydrogen) atoms. The highest BCUT2D eigenvalue weighted by molar-refractivity contribution is 8.00. The van der Waals surface area contributed by atoms with Gasteiger partial charge in [-0.2, -0.15) is 0 Å². The zero-order valence-corrected chi connectivity index (χ0v) is 19.9. The number of hydrogen-bond donors (Lipinski definition) is 2. The number of rotatable bonds is 7. The zero-order valence-electron chi connectivity index (χ0n) is 18.3. The Morgan fingerprint density at radius 3 is 2.28 bits per heavy atom. The Kier molecular flexibility index (Phi) is 7.58. The van der Waals surface area contributed by atoms with Crippen molar-refractivity contribution < 1.29 is 9.59 Å². The van der Waals surface area contributed by atoms with Crippen molar-refractivity contribution in [3.63, 3.8) is 0 Å². The van der Waals surface area contributed by atoms with E-state index in [1.807, 2.05) is 13.8 Å². The minimum atomic E-state index is -0.500. The monoisotopic (exact) mass is 472 g/mol. The standard InChI is InChI=1S/C23H25ClN4O3S/c1-13(2)12-28-22(31)19-11-16(24)5-10-20(19)27-23(28)32-14(3)21(30)26-18-8-6-17(7-9-18)25-15(4)29/h5-11,13-14H,12H2,1-4H3,(H,25,29)(H,26,30). The molecule has 3 rings (SSSR count). The smallest absolute Gasteiger partial charge is 0.262 e. The fourth-order valence-corrected chi connectivity index (χ4v) is 4.17. The molecule has 2 N–H and O–H groups in total. The summed E-state index contributed by atoms with van der Waals surface area (Å²) in [6, 6.07) is 11.9. The molecule has 1 heterocycles. The predicted octanol–water partition coefficient (Wildman–Crippen LogP) is 4.78. The van der Waals surface area contributed by atoms with Gasteiger partial charge in [0.05, 0.1) is 16.2 Å². The molecule has 0 saturated heterocycles. The molecule has 1 atom stereocenters. The zero-order chi connectivity index (χ0) is 23.4. The maximum absolute atomic E-state index is 13.1. The summed E-state index contributed by atoms with van der Waals surface area (Å²) in [6.07, 6.45) is 0. The molecule has 2 amide bonds. The van der Waals surface area contributed by atoms with Gasteiger partial charge >= 0.3 is 0 Å². The predicted molar refractivity (Wildman–Crippen MR) is 131 cm³/mol. The maximum atomic E-state index is 13.1. The summed E-state index contributed by atoms with van der Waals surface area (Å²) in [7, 11) is 0. The second-order valence-corrected chi connectivity index (χ2v) is 9.62. The number of carbonyl (C=O) groups is 2. The largest absolute Gasteiger partial charge is 0.326 e. The highest BCUT2D eigenvalue weighted by atomic mass is 35.5. The van der Waals surface area contributed by atoms with Crippen LogP contribution in [0.5, 0.6) is 0 Å². The number of halogens is 1. The van der Waals surface area contributed by atoms with Gasteiger partial charge in [-0.25, -0.2) is 4.98 Å². The van der Waals surface area contributed by atoms with Crippen LogP contribution in [0, 0.1) is 5.92 Å². The molecule has 0 aliphatic rings. The van der Waals surface area contributed by atoms with Crippen LogP contribution in [0.25, 0.3) is 10.9 Å². The average molecular weight is 473 g/mol. The van der Waals surface area contributed by atoms with E-state index in [9.17, 15) is 14.4 Å². The second kappa shape index (κ2) is 10.2. The number of nitrogens with one attached hydrogen (secondary N) is 2. The van der Waals surface area contributed by atoms with Crippen molar-refractivity contribution in [3.8, 4) is 0 Å². The molecule has 0 aliphatic carbocycles. The molecule has 0 spiro atoms. The number of anilines is 2. The van der Waals surface area contributed by atoms with Gasteiger partial charge in [0.25, 0.3) is 5.56 Å². The van der Waals surface area contributed by atoms with Crippen LogP contribution in [-0.4, -0.2) is 26.6 Å². The van der Waals surface area contributed by atoms with Crippen LogP contribution in [0.4, 0.5) is 11.4 Å². The van der Waals surface area contributed by atoms with E-state index in [2.05, 4.69) is 15.6 Å². The molecule has 168 valence electrons. The van der Waals surface area contributed by atoms with Crippen molar-refractivity contribution >= 4 is 57.5 Å². The molecule has 1 unspecified atom stereocenters. The lowest BCUT2D eigenvalue weighted by Gasteiger charge is -2.18. The van der Waals surface area contributed by atoms with Crippen LogP contribution in [-0.2, 0) is 16.1 Å². The van der Waals surface area contributed by atoms with E-state index >= 15 is 0 Å². The van der Waals surface area contributed by atoms with E-state index in [1.54, 1.807) is 54.0 Å². The SMILES string of the molecule is CC(=O)Nc1ccc(NC(=O)C(C)Sc2nc3ccc(Cl)cc3c(=O)n2CC(C)C)cc1. The lowest BCUT2D eigenvalue weighted by atomic mass is 10.2. The van der Waals surface area contributed by atoms with E-state index in [1.165, 1.54) is 18.7 Å². The topological polar surface area (TPSA) is 93.1 Å². The molecular formula is C23H25ClN4O3S. The van der Waals surface area contributed by atoms with Crippen LogP contribution in [0.2, 0.25) is 5.02 Å². The number of benzene rings is 2. The molecule has 0 fully saturated rings. The van der Waals surface area contributed by atoms with Gasteiger partial charge in [0, 0.05) is 29.9 Å². The minimum absolute atomic E-state index is 0.163. The lowest BCUT2D eigenvalue weighted by molar-refractivity contribution is -0.115. The van der Waals surface area contributed by atoms with Crippen molar-refractivity contribution in [1.82, 2.24) is 9.55 Å². The number of thioether (sulfide) groups is 1. The van der Waals surface area contributed by atoms with Gasteiger partial charge in [0.2, 0.25) is 11.8 Å². The molecule has 3 aromatic rings. The van der Waals surface area contributed by atoms with E-state index in [0.29, 0.717) is 39.0 Å². The van der Waals surface area contributed by atoms with E-state index in [4.69, 9.17) is 11.6 Å².